The lowest BCUT2D eigenvalue weighted by molar-refractivity contribution is -0.160. The van der Waals surface area contributed by atoms with E-state index >= 15 is 0 Å². The molecule has 6 rings (SSSR count). The van der Waals surface area contributed by atoms with Gasteiger partial charge in [-0.2, -0.15) is 0 Å². The summed E-state index contributed by atoms with van der Waals surface area (Å²) in [5, 5.41) is 2.05. The molecule has 6 heteroatoms. The van der Waals surface area contributed by atoms with Gasteiger partial charge >= 0.3 is 11.9 Å². The van der Waals surface area contributed by atoms with Crippen molar-refractivity contribution in [2.45, 2.75) is 116 Å². The lowest BCUT2D eigenvalue weighted by Gasteiger charge is -2.43. The Kier molecular flexibility index (Phi) is 15.0. The third kappa shape index (κ3) is 9.93. The van der Waals surface area contributed by atoms with E-state index in [9.17, 15) is 9.59 Å². The molecule has 2 aliphatic rings. The zero-order valence-corrected chi connectivity index (χ0v) is 37.2. The Morgan fingerprint density at radius 3 is 1.92 bits per heavy atom. The van der Waals surface area contributed by atoms with Gasteiger partial charge in [-0.1, -0.05) is 187 Å². The van der Waals surface area contributed by atoms with E-state index < -0.39 is 14.4 Å². The molecule has 0 heterocycles. The maximum absolute atomic E-state index is 13.0. The largest absolute Gasteiger partial charge is 0.462 e. The Hall–Kier alpha value is -4.52. The van der Waals surface area contributed by atoms with Crippen LogP contribution in [-0.2, 0) is 23.5 Å². The molecule has 59 heavy (non-hydrogen) atoms. The van der Waals surface area contributed by atoms with Crippen LogP contribution in [0.15, 0.2) is 133 Å². The van der Waals surface area contributed by atoms with Crippen LogP contribution < -0.4 is 10.4 Å². The van der Waals surface area contributed by atoms with Crippen LogP contribution in [0.4, 0.5) is 0 Å². The number of carbonyl (C=O) groups is 2. The molecule has 0 aromatic heterocycles. The molecule has 0 amide bonds. The molecular weight excluding hydrogens is 745 g/mol. The number of ether oxygens (including phenoxy) is 2. The Labute approximate surface area is 355 Å². The number of carbonyl (C=O) groups excluding carboxylic acids is 2. The monoisotopic (exact) mass is 810 g/mol. The SMILES string of the molecule is C=C(c1ccccc1)[C@@]12CC[C@@H](C)[C@@H]1CC(CCCCCCCC(=O)OC[C@H](CO[Si](c1ccccc1)(c1ccccc1)C(C)(C)C)OC(=O)CC)=C2c1ccccc1. The van der Waals surface area contributed by atoms with Gasteiger partial charge < -0.3 is 13.9 Å². The van der Waals surface area contributed by atoms with E-state index in [1.165, 1.54) is 23.1 Å². The van der Waals surface area contributed by atoms with Crippen molar-refractivity contribution in [1.29, 1.82) is 0 Å². The van der Waals surface area contributed by atoms with E-state index in [-0.39, 0.29) is 42.0 Å². The van der Waals surface area contributed by atoms with Crippen LogP contribution in [0.5, 0.6) is 0 Å². The molecule has 4 aromatic rings. The highest BCUT2D eigenvalue weighted by Gasteiger charge is 2.55. The average Bonchev–Trinajstić information content (AvgIpc) is 3.76. The van der Waals surface area contributed by atoms with Gasteiger partial charge in [0, 0.05) is 18.3 Å². The fourth-order valence-electron chi connectivity index (χ4n) is 10.2. The molecule has 1 saturated carbocycles. The van der Waals surface area contributed by atoms with E-state index in [0.717, 1.165) is 61.7 Å². The summed E-state index contributed by atoms with van der Waals surface area (Å²) < 4.78 is 18.6. The normalized spacial score (nSPS) is 19.6. The van der Waals surface area contributed by atoms with Crippen LogP contribution in [0.3, 0.4) is 0 Å². The molecule has 0 spiro atoms. The minimum Gasteiger partial charge on any atom is -0.462 e. The molecule has 4 atom stereocenters. The summed E-state index contributed by atoms with van der Waals surface area (Å²) >= 11 is 0. The minimum atomic E-state index is -2.87. The van der Waals surface area contributed by atoms with Crippen molar-refractivity contribution in [3.8, 4) is 0 Å². The second-order valence-corrected chi connectivity index (χ2v) is 22.2. The maximum atomic E-state index is 13.0. The zero-order valence-electron chi connectivity index (χ0n) is 36.2. The summed E-state index contributed by atoms with van der Waals surface area (Å²) in [6.45, 7) is 15.8. The van der Waals surface area contributed by atoms with Gasteiger partial charge in [-0.15, -0.1) is 0 Å². The summed E-state index contributed by atoms with van der Waals surface area (Å²) in [5.74, 6) is 0.644. The molecule has 0 bridgehead atoms. The first-order valence-corrected chi connectivity index (χ1v) is 24.0. The highest BCUT2D eigenvalue weighted by atomic mass is 28.4. The van der Waals surface area contributed by atoms with Crippen molar-refractivity contribution in [2.75, 3.05) is 13.2 Å². The van der Waals surface area contributed by atoms with E-state index in [0.29, 0.717) is 18.3 Å². The van der Waals surface area contributed by atoms with Gasteiger partial charge in [-0.05, 0) is 88.0 Å². The van der Waals surface area contributed by atoms with Crippen LogP contribution in [0.25, 0.3) is 11.1 Å². The summed E-state index contributed by atoms with van der Waals surface area (Å²) in [5.41, 5.74) is 7.06. The predicted molar refractivity (Wildman–Crippen MR) is 245 cm³/mol. The van der Waals surface area contributed by atoms with E-state index in [2.05, 4.69) is 113 Å². The summed E-state index contributed by atoms with van der Waals surface area (Å²) in [6, 6.07) is 42.7. The second-order valence-electron chi connectivity index (χ2n) is 17.9. The van der Waals surface area contributed by atoms with Gasteiger partial charge in [0.2, 0.25) is 0 Å². The highest BCUT2D eigenvalue weighted by molar-refractivity contribution is 6.99. The Balaban J connectivity index is 1.03. The van der Waals surface area contributed by atoms with Crippen LogP contribution in [0.1, 0.15) is 116 Å². The van der Waals surface area contributed by atoms with Gasteiger partial charge in [0.25, 0.3) is 8.32 Å². The van der Waals surface area contributed by atoms with Crippen molar-refractivity contribution in [2.24, 2.45) is 17.3 Å². The van der Waals surface area contributed by atoms with Crippen molar-refractivity contribution < 1.29 is 23.5 Å². The van der Waals surface area contributed by atoms with Gasteiger partial charge in [0.05, 0.1) is 6.61 Å². The van der Waals surface area contributed by atoms with Crippen LogP contribution >= 0.6 is 0 Å². The lowest BCUT2D eigenvalue weighted by atomic mass is 9.66. The Bertz CT molecular complexity index is 1960. The quantitative estimate of drug-likeness (QED) is 0.0505. The number of allylic oxidation sites excluding steroid dienone is 3. The van der Waals surface area contributed by atoms with E-state index in [1.54, 1.807) is 18.1 Å². The van der Waals surface area contributed by atoms with Gasteiger partial charge in [0.15, 0.2) is 6.10 Å². The van der Waals surface area contributed by atoms with Crippen molar-refractivity contribution in [3.05, 3.63) is 145 Å². The number of esters is 2. The first-order valence-electron chi connectivity index (χ1n) is 22.1. The standard InChI is InChI=1S/C53H66O5Si/c1-7-49(54)58-45(39-57-59(52(4,5)6,46-30-20-13-21-31-46)47-32-22-14-23-33-47)38-56-50(55)34-24-10-8-9-15-29-44-37-48-40(2)35-36-53(48,41(3)42-25-16-11-17-26-42)51(44)43-27-18-12-19-28-43/h11-14,16-23,25-28,30-33,40,45,48H,3,7-10,15,24,29,34-39H2,1-2,4-6H3/t40-,45-,48+,53+/m1/s1. The molecule has 0 unspecified atom stereocenters. The topological polar surface area (TPSA) is 61.8 Å². The zero-order chi connectivity index (χ0) is 41.9. The summed E-state index contributed by atoms with van der Waals surface area (Å²) in [6.07, 6.45) is 9.62. The highest BCUT2D eigenvalue weighted by Crippen LogP contribution is 2.67. The van der Waals surface area contributed by atoms with Gasteiger partial charge in [0.1, 0.15) is 6.61 Å². The fourth-order valence-corrected chi connectivity index (χ4v) is 14.8. The molecule has 0 saturated heterocycles. The number of hydrogen-bond donors (Lipinski definition) is 0. The molecule has 0 N–H and O–H groups in total. The number of unbranched alkanes of at least 4 members (excludes halogenated alkanes) is 4. The van der Waals surface area contributed by atoms with Crippen molar-refractivity contribution in [1.82, 2.24) is 0 Å². The van der Waals surface area contributed by atoms with Gasteiger partial charge in [-0.3, -0.25) is 9.59 Å². The van der Waals surface area contributed by atoms with E-state index in [4.69, 9.17) is 20.5 Å². The molecule has 0 aliphatic heterocycles. The fraction of sp³-hybridized carbons (Fsp3) is 0.434. The van der Waals surface area contributed by atoms with Crippen LogP contribution in [0.2, 0.25) is 5.04 Å². The second kappa shape index (κ2) is 20.2. The van der Waals surface area contributed by atoms with E-state index in [1.807, 2.05) is 36.4 Å². The smallest absolute Gasteiger partial charge is 0.305 e. The van der Waals surface area contributed by atoms with Gasteiger partial charge in [-0.25, -0.2) is 0 Å². The molecule has 4 aromatic carbocycles. The Morgan fingerprint density at radius 2 is 1.32 bits per heavy atom. The maximum Gasteiger partial charge on any atom is 0.305 e. The molecule has 1 fully saturated rings. The van der Waals surface area contributed by atoms with Crippen LogP contribution in [-0.4, -0.2) is 39.6 Å². The number of rotatable bonds is 20. The Morgan fingerprint density at radius 1 is 0.763 bits per heavy atom. The molecular formula is C53H66O5Si. The predicted octanol–water partition coefficient (Wildman–Crippen LogP) is 11.8. The third-order valence-corrected chi connectivity index (χ3v) is 18.1. The molecule has 312 valence electrons. The summed E-state index contributed by atoms with van der Waals surface area (Å²) in [7, 11) is -2.87. The molecule has 0 radical (unpaired) electrons. The number of benzene rings is 4. The van der Waals surface area contributed by atoms with Crippen molar-refractivity contribution in [3.63, 3.8) is 0 Å². The number of hydrogen-bond acceptors (Lipinski definition) is 5. The first kappa shape index (κ1) is 44.0. The van der Waals surface area contributed by atoms with Crippen molar-refractivity contribution >= 4 is 41.8 Å². The summed E-state index contributed by atoms with van der Waals surface area (Å²) in [4.78, 5) is 25.6. The first-order chi connectivity index (χ1) is 28.5. The van der Waals surface area contributed by atoms with Crippen LogP contribution in [0, 0.1) is 17.3 Å². The minimum absolute atomic E-state index is 0.0146. The lowest BCUT2D eigenvalue weighted by Crippen LogP contribution is -2.67. The molecule has 5 nitrogen and oxygen atoms in total. The number of fused-ring (bicyclic) bond motifs is 1. The molecule has 2 aliphatic carbocycles. The average molecular weight is 811 g/mol. The third-order valence-electron chi connectivity index (χ3n) is 13.1.